The quantitative estimate of drug-likeness (QED) is 0.749. The van der Waals surface area contributed by atoms with Gasteiger partial charge in [-0.2, -0.15) is 11.8 Å². The average Bonchev–Trinajstić information content (AvgIpc) is 2.55. The SMILES string of the molecule is CC(CNC(=O)CC1CSCCN1)COCc1ccccc1.Cl. The van der Waals surface area contributed by atoms with E-state index in [1.165, 1.54) is 5.56 Å². The molecule has 2 N–H and O–H groups in total. The molecule has 1 heterocycles. The highest BCUT2D eigenvalue weighted by Gasteiger charge is 2.16. The summed E-state index contributed by atoms with van der Waals surface area (Å²) in [7, 11) is 0. The summed E-state index contributed by atoms with van der Waals surface area (Å²) < 4.78 is 5.70. The minimum absolute atomic E-state index is 0. The van der Waals surface area contributed by atoms with E-state index in [0.29, 0.717) is 38.1 Å². The lowest BCUT2D eigenvalue weighted by Gasteiger charge is -2.22. The maximum atomic E-state index is 11.9. The zero-order chi connectivity index (χ0) is 15.6. The highest BCUT2D eigenvalue weighted by Crippen LogP contribution is 2.10. The lowest BCUT2D eigenvalue weighted by atomic mass is 10.1. The van der Waals surface area contributed by atoms with Gasteiger partial charge in [0.25, 0.3) is 0 Å². The molecule has 1 amide bonds. The van der Waals surface area contributed by atoms with Crippen molar-refractivity contribution in [3.05, 3.63) is 35.9 Å². The minimum atomic E-state index is 0. The summed E-state index contributed by atoms with van der Waals surface area (Å²) in [5, 5.41) is 6.39. The molecule has 6 heteroatoms. The number of carbonyl (C=O) groups is 1. The molecule has 0 spiro atoms. The Bertz CT molecular complexity index is 441. The average molecular weight is 359 g/mol. The van der Waals surface area contributed by atoms with Gasteiger partial charge < -0.3 is 15.4 Å². The first-order chi connectivity index (χ1) is 10.7. The fourth-order valence-corrected chi connectivity index (χ4v) is 3.30. The Balaban J connectivity index is 0.00000264. The third-order valence-corrected chi connectivity index (χ3v) is 4.72. The van der Waals surface area contributed by atoms with Crippen LogP contribution in [0.25, 0.3) is 0 Å². The van der Waals surface area contributed by atoms with Crippen LogP contribution in [0.1, 0.15) is 18.9 Å². The van der Waals surface area contributed by atoms with Gasteiger partial charge in [0.05, 0.1) is 13.2 Å². The fourth-order valence-electron chi connectivity index (χ4n) is 2.35. The van der Waals surface area contributed by atoms with Crippen LogP contribution in [0.2, 0.25) is 0 Å². The predicted octanol–water partition coefficient (Wildman–Crippen LogP) is 2.47. The van der Waals surface area contributed by atoms with Crippen LogP contribution in [0, 0.1) is 5.92 Å². The van der Waals surface area contributed by atoms with Gasteiger partial charge in [0.15, 0.2) is 0 Å². The van der Waals surface area contributed by atoms with Gasteiger partial charge in [0.1, 0.15) is 0 Å². The van der Waals surface area contributed by atoms with Crippen molar-refractivity contribution in [2.75, 3.05) is 31.2 Å². The number of nitrogens with one attached hydrogen (secondary N) is 2. The molecule has 1 fully saturated rings. The Kier molecular flexibility index (Phi) is 10.4. The van der Waals surface area contributed by atoms with Gasteiger partial charge in [-0.3, -0.25) is 4.79 Å². The monoisotopic (exact) mass is 358 g/mol. The topological polar surface area (TPSA) is 50.4 Å². The highest BCUT2D eigenvalue weighted by molar-refractivity contribution is 7.99. The van der Waals surface area contributed by atoms with E-state index < -0.39 is 0 Å². The van der Waals surface area contributed by atoms with E-state index in [1.807, 2.05) is 30.0 Å². The molecule has 2 atom stereocenters. The Labute approximate surface area is 149 Å². The largest absolute Gasteiger partial charge is 0.376 e. The van der Waals surface area contributed by atoms with E-state index in [4.69, 9.17) is 4.74 Å². The number of rotatable bonds is 8. The summed E-state index contributed by atoms with van der Waals surface area (Å²) in [5.41, 5.74) is 1.18. The number of halogens is 1. The van der Waals surface area contributed by atoms with Crippen LogP contribution >= 0.6 is 24.2 Å². The molecule has 2 rings (SSSR count). The van der Waals surface area contributed by atoms with E-state index in [0.717, 1.165) is 18.1 Å². The molecular weight excluding hydrogens is 332 g/mol. The number of hydrogen-bond donors (Lipinski definition) is 2. The molecule has 1 aromatic rings. The molecule has 0 radical (unpaired) electrons. The number of carbonyl (C=O) groups excluding carboxylic acids is 1. The lowest BCUT2D eigenvalue weighted by molar-refractivity contribution is -0.121. The zero-order valence-corrected chi connectivity index (χ0v) is 15.3. The van der Waals surface area contributed by atoms with Crippen molar-refractivity contribution in [2.24, 2.45) is 5.92 Å². The smallest absolute Gasteiger partial charge is 0.221 e. The van der Waals surface area contributed by atoms with E-state index in [9.17, 15) is 4.79 Å². The number of hydrogen-bond acceptors (Lipinski definition) is 4. The zero-order valence-electron chi connectivity index (χ0n) is 13.6. The molecule has 1 aliphatic rings. The van der Waals surface area contributed by atoms with Crippen LogP contribution in [0.4, 0.5) is 0 Å². The summed E-state index contributed by atoms with van der Waals surface area (Å²) in [5.74, 6) is 2.63. The van der Waals surface area contributed by atoms with Crippen molar-refractivity contribution in [1.29, 1.82) is 0 Å². The van der Waals surface area contributed by atoms with E-state index in [1.54, 1.807) is 0 Å². The summed E-state index contributed by atoms with van der Waals surface area (Å²) >= 11 is 1.92. The van der Waals surface area contributed by atoms with Crippen molar-refractivity contribution < 1.29 is 9.53 Å². The Morgan fingerprint density at radius 1 is 1.43 bits per heavy atom. The van der Waals surface area contributed by atoms with Crippen molar-refractivity contribution in [1.82, 2.24) is 10.6 Å². The Hall–Kier alpha value is -0.750. The first kappa shape index (κ1) is 20.3. The van der Waals surface area contributed by atoms with Gasteiger partial charge in [0.2, 0.25) is 5.91 Å². The van der Waals surface area contributed by atoms with Crippen LogP contribution in [-0.4, -0.2) is 43.2 Å². The first-order valence-electron chi connectivity index (χ1n) is 7.93. The van der Waals surface area contributed by atoms with Gasteiger partial charge in [-0.05, 0) is 11.5 Å². The Morgan fingerprint density at radius 2 is 2.22 bits per heavy atom. The lowest BCUT2D eigenvalue weighted by Crippen LogP contribution is -2.42. The van der Waals surface area contributed by atoms with Gasteiger partial charge in [-0.25, -0.2) is 0 Å². The maximum Gasteiger partial charge on any atom is 0.221 e. The second kappa shape index (κ2) is 11.7. The molecule has 1 aromatic carbocycles. The molecule has 0 aliphatic carbocycles. The standard InChI is InChI=1S/C17H26N2O2S.ClH/c1-14(11-21-12-15-5-3-2-4-6-15)10-19-17(20)9-16-13-22-8-7-18-16;/h2-6,14,16,18H,7-13H2,1H3,(H,19,20);1H. The van der Waals surface area contributed by atoms with Crippen molar-refractivity contribution in [3.63, 3.8) is 0 Å². The third kappa shape index (κ3) is 8.61. The second-order valence-electron chi connectivity index (χ2n) is 5.84. The van der Waals surface area contributed by atoms with Gasteiger partial charge in [-0.1, -0.05) is 37.3 Å². The molecule has 2 unspecified atom stereocenters. The molecule has 0 aromatic heterocycles. The first-order valence-corrected chi connectivity index (χ1v) is 9.09. The van der Waals surface area contributed by atoms with Gasteiger partial charge >= 0.3 is 0 Å². The molecule has 23 heavy (non-hydrogen) atoms. The molecule has 1 aliphatic heterocycles. The van der Waals surface area contributed by atoms with E-state index in [2.05, 4.69) is 29.7 Å². The minimum Gasteiger partial charge on any atom is -0.376 e. The van der Waals surface area contributed by atoms with Crippen molar-refractivity contribution >= 4 is 30.1 Å². The maximum absolute atomic E-state index is 11.9. The van der Waals surface area contributed by atoms with Crippen LogP contribution in [-0.2, 0) is 16.1 Å². The molecular formula is C17H27ClN2O2S. The van der Waals surface area contributed by atoms with E-state index in [-0.39, 0.29) is 18.3 Å². The number of benzene rings is 1. The highest BCUT2D eigenvalue weighted by atomic mass is 35.5. The summed E-state index contributed by atoms with van der Waals surface area (Å²) in [4.78, 5) is 11.9. The van der Waals surface area contributed by atoms with Gasteiger partial charge in [-0.15, -0.1) is 12.4 Å². The number of thioether (sulfide) groups is 1. The molecule has 4 nitrogen and oxygen atoms in total. The van der Waals surface area contributed by atoms with Crippen LogP contribution in [0.5, 0.6) is 0 Å². The molecule has 1 saturated heterocycles. The van der Waals surface area contributed by atoms with Crippen LogP contribution in [0.3, 0.4) is 0 Å². The van der Waals surface area contributed by atoms with Gasteiger partial charge in [0, 0.05) is 37.1 Å². The number of amides is 1. The normalized spacial score (nSPS) is 18.7. The Morgan fingerprint density at radius 3 is 2.91 bits per heavy atom. The summed E-state index contributed by atoms with van der Waals surface area (Å²) in [6.45, 7) is 5.06. The predicted molar refractivity (Wildman–Crippen MR) is 99.3 cm³/mol. The summed E-state index contributed by atoms with van der Waals surface area (Å²) in [6, 6.07) is 10.5. The van der Waals surface area contributed by atoms with Crippen LogP contribution in [0.15, 0.2) is 30.3 Å². The van der Waals surface area contributed by atoms with Crippen LogP contribution < -0.4 is 10.6 Å². The van der Waals surface area contributed by atoms with E-state index >= 15 is 0 Å². The molecule has 0 bridgehead atoms. The molecule has 130 valence electrons. The van der Waals surface area contributed by atoms with Crippen molar-refractivity contribution in [2.45, 2.75) is 26.0 Å². The summed E-state index contributed by atoms with van der Waals surface area (Å²) in [6.07, 6.45) is 0.574. The van der Waals surface area contributed by atoms with Crippen molar-refractivity contribution in [3.8, 4) is 0 Å². The second-order valence-corrected chi connectivity index (χ2v) is 6.99. The molecule has 0 saturated carbocycles. The number of ether oxygens (including phenoxy) is 1. The third-order valence-electron chi connectivity index (χ3n) is 3.59. The fraction of sp³-hybridized carbons (Fsp3) is 0.588.